The molecule has 26 atom stereocenters. The Balaban J connectivity index is 1.01. The number of aliphatic hydroxyl groups is 8. The van der Waals surface area contributed by atoms with Gasteiger partial charge >= 0.3 is 0 Å². The third kappa shape index (κ3) is 7.01. The van der Waals surface area contributed by atoms with Crippen molar-refractivity contribution in [1.82, 2.24) is 0 Å². The second-order valence-corrected chi connectivity index (χ2v) is 20.7. The van der Waals surface area contributed by atoms with Crippen LogP contribution < -0.4 is 0 Å². The molecule has 3 unspecified atom stereocenters. The van der Waals surface area contributed by atoms with E-state index in [1.54, 1.807) is 6.92 Å². The molecule has 0 aromatic carbocycles. The SMILES string of the molecule is C[C@@H]1CCC2(OC1)O[C@H]1CC3[C@@H]4CC=C5C[C@@H](O)C[C@@H](O[C@@H]6O[C@H](C)[C@@H](O)[C@H](O[C@@H]7OC[C@@H](O)[C@H](O)[C@H]7O)[C@H]6O[C@@H]6O[C@@H](C)[C@H](O)[C@@H](O)[C@H]6O)[C@]5(C)C4CC[C@]3(C)[C@H]1[C@@H]2C. The van der Waals surface area contributed by atoms with E-state index in [-0.39, 0.29) is 36.4 Å². The molecule has 0 aromatic rings. The minimum Gasteiger partial charge on any atom is -0.393 e. The van der Waals surface area contributed by atoms with Crippen LogP contribution in [-0.4, -0.2) is 164 Å². The Bertz CT molecular complexity index is 1580. The van der Waals surface area contributed by atoms with Crippen molar-refractivity contribution in [3.8, 4) is 0 Å². The van der Waals surface area contributed by atoms with E-state index in [1.807, 2.05) is 0 Å². The van der Waals surface area contributed by atoms with Gasteiger partial charge in [-0.3, -0.25) is 0 Å². The van der Waals surface area contributed by atoms with Gasteiger partial charge in [0.1, 0.15) is 54.9 Å². The fourth-order valence-electron chi connectivity index (χ4n) is 13.8. The van der Waals surface area contributed by atoms with Crippen LogP contribution in [0.3, 0.4) is 0 Å². The quantitative estimate of drug-likeness (QED) is 0.173. The Morgan fingerprint density at radius 3 is 2.12 bits per heavy atom. The fourth-order valence-corrected chi connectivity index (χ4v) is 13.8. The third-order valence-electron chi connectivity index (χ3n) is 17.3. The smallest absolute Gasteiger partial charge is 0.187 e. The second kappa shape index (κ2) is 16.2. The molecule has 0 bridgehead atoms. The summed E-state index contributed by atoms with van der Waals surface area (Å²) in [6, 6.07) is 0. The van der Waals surface area contributed by atoms with Crippen LogP contribution >= 0.6 is 0 Å². The van der Waals surface area contributed by atoms with Crippen molar-refractivity contribution in [1.29, 1.82) is 0 Å². The van der Waals surface area contributed by atoms with Gasteiger partial charge in [0.15, 0.2) is 24.7 Å². The monoisotopic (exact) mass is 854 g/mol. The van der Waals surface area contributed by atoms with Crippen molar-refractivity contribution < 1.29 is 78.7 Å². The Morgan fingerprint density at radius 2 is 1.38 bits per heavy atom. The summed E-state index contributed by atoms with van der Waals surface area (Å²) in [5, 5.41) is 86.8. The molecule has 1 spiro atoms. The van der Waals surface area contributed by atoms with Crippen molar-refractivity contribution in [3.05, 3.63) is 11.6 Å². The van der Waals surface area contributed by atoms with E-state index in [4.69, 9.17) is 37.9 Å². The van der Waals surface area contributed by atoms with Crippen LogP contribution in [0.5, 0.6) is 0 Å². The number of allylic oxidation sites excluding steroid dienone is 1. The first-order chi connectivity index (χ1) is 28.4. The predicted octanol–water partition coefficient (Wildman–Crippen LogP) is 0.852. The summed E-state index contributed by atoms with van der Waals surface area (Å²) in [6.45, 7) is 12.8. The van der Waals surface area contributed by atoms with E-state index in [0.717, 1.165) is 50.7 Å². The number of fused-ring (bicyclic) bond motifs is 7. The van der Waals surface area contributed by atoms with Gasteiger partial charge in [0.25, 0.3) is 0 Å². The van der Waals surface area contributed by atoms with Gasteiger partial charge in [-0.05, 0) is 87.4 Å². The summed E-state index contributed by atoms with van der Waals surface area (Å²) in [6.07, 6.45) is -12.0. The molecule has 16 nitrogen and oxygen atoms in total. The molecular weight excluding hydrogens is 784 g/mol. The van der Waals surface area contributed by atoms with E-state index >= 15 is 0 Å². The second-order valence-electron chi connectivity index (χ2n) is 20.7. The summed E-state index contributed by atoms with van der Waals surface area (Å²) in [5.74, 6) is 1.67. The Labute approximate surface area is 352 Å². The lowest BCUT2D eigenvalue weighted by molar-refractivity contribution is -0.391. The molecule has 4 aliphatic carbocycles. The highest BCUT2D eigenvalue weighted by Gasteiger charge is 2.69. The Hall–Kier alpha value is -0.900. The molecule has 5 saturated heterocycles. The molecule has 5 heterocycles. The van der Waals surface area contributed by atoms with Crippen LogP contribution in [-0.2, 0) is 37.9 Å². The number of hydrogen-bond acceptors (Lipinski definition) is 16. The molecule has 342 valence electrons. The van der Waals surface area contributed by atoms with E-state index < -0.39 is 109 Å². The van der Waals surface area contributed by atoms with Crippen molar-refractivity contribution in [3.63, 3.8) is 0 Å². The first-order valence-corrected chi connectivity index (χ1v) is 22.7. The van der Waals surface area contributed by atoms with Crippen molar-refractivity contribution in [2.24, 2.45) is 46.3 Å². The molecule has 8 N–H and O–H groups in total. The van der Waals surface area contributed by atoms with Gasteiger partial charge in [0.05, 0.1) is 43.7 Å². The van der Waals surface area contributed by atoms with E-state index in [1.165, 1.54) is 6.92 Å². The maximum atomic E-state index is 11.6. The molecule has 0 radical (unpaired) electrons. The maximum absolute atomic E-state index is 11.6. The normalized spacial score (nSPS) is 59.2. The molecular formula is C44H70O16. The molecule has 0 aromatic heterocycles. The number of ether oxygens (including phenoxy) is 8. The Morgan fingerprint density at radius 1 is 0.683 bits per heavy atom. The molecule has 60 heavy (non-hydrogen) atoms. The van der Waals surface area contributed by atoms with Crippen LogP contribution in [0.4, 0.5) is 0 Å². The van der Waals surface area contributed by atoms with Crippen LogP contribution in [0.15, 0.2) is 11.6 Å². The molecule has 9 aliphatic rings. The minimum atomic E-state index is -1.72. The van der Waals surface area contributed by atoms with Gasteiger partial charge in [-0.15, -0.1) is 0 Å². The minimum absolute atomic E-state index is 0.0699. The maximum Gasteiger partial charge on any atom is 0.187 e. The molecule has 8 fully saturated rings. The van der Waals surface area contributed by atoms with Crippen molar-refractivity contribution in [2.45, 2.75) is 203 Å². The van der Waals surface area contributed by atoms with E-state index in [9.17, 15) is 40.9 Å². The van der Waals surface area contributed by atoms with Gasteiger partial charge in [-0.2, -0.15) is 0 Å². The fraction of sp³-hybridized carbons (Fsp3) is 0.955. The first kappa shape index (κ1) is 44.3. The number of aliphatic hydroxyl groups excluding tert-OH is 8. The molecule has 16 heteroatoms. The summed E-state index contributed by atoms with van der Waals surface area (Å²) < 4.78 is 51.1. The third-order valence-corrected chi connectivity index (χ3v) is 17.3. The summed E-state index contributed by atoms with van der Waals surface area (Å²) in [7, 11) is 0. The van der Waals surface area contributed by atoms with Crippen LogP contribution in [0.2, 0.25) is 0 Å². The first-order valence-electron chi connectivity index (χ1n) is 22.7. The molecule has 3 saturated carbocycles. The lowest BCUT2D eigenvalue weighted by atomic mass is 9.46. The number of hydrogen-bond donors (Lipinski definition) is 8. The molecule has 5 aliphatic heterocycles. The van der Waals surface area contributed by atoms with E-state index in [2.05, 4.69) is 33.8 Å². The summed E-state index contributed by atoms with van der Waals surface area (Å²) >= 11 is 0. The predicted molar refractivity (Wildman–Crippen MR) is 208 cm³/mol. The topological polar surface area (TPSA) is 236 Å². The van der Waals surface area contributed by atoms with Crippen molar-refractivity contribution >= 4 is 0 Å². The highest BCUT2D eigenvalue weighted by molar-refractivity contribution is 5.29. The number of rotatable bonds is 6. The zero-order chi connectivity index (χ0) is 42.8. The van der Waals surface area contributed by atoms with Crippen molar-refractivity contribution in [2.75, 3.05) is 13.2 Å². The van der Waals surface area contributed by atoms with Gasteiger partial charge in [0.2, 0.25) is 0 Å². The van der Waals surface area contributed by atoms with E-state index in [0.29, 0.717) is 30.1 Å². The highest BCUT2D eigenvalue weighted by Crippen LogP contribution is 2.71. The van der Waals surface area contributed by atoms with Crippen LogP contribution in [0.1, 0.15) is 92.9 Å². The lowest BCUT2D eigenvalue weighted by Gasteiger charge is -2.60. The van der Waals surface area contributed by atoms with Gasteiger partial charge in [0, 0.05) is 24.2 Å². The van der Waals surface area contributed by atoms with Crippen LogP contribution in [0.25, 0.3) is 0 Å². The zero-order valence-corrected chi connectivity index (χ0v) is 35.8. The van der Waals surface area contributed by atoms with Gasteiger partial charge < -0.3 is 78.7 Å². The van der Waals surface area contributed by atoms with Gasteiger partial charge in [-0.25, -0.2) is 0 Å². The molecule has 0 amide bonds. The van der Waals surface area contributed by atoms with Crippen LogP contribution in [0, 0.1) is 46.3 Å². The highest BCUT2D eigenvalue weighted by atomic mass is 16.8. The summed E-state index contributed by atoms with van der Waals surface area (Å²) in [4.78, 5) is 0. The molecule has 9 rings (SSSR count). The zero-order valence-electron chi connectivity index (χ0n) is 35.8. The Kier molecular flexibility index (Phi) is 12.0. The lowest BCUT2D eigenvalue weighted by Crippen LogP contribution is -2.66. The average molecular weight is 855 g/mol. The summed E-state index contributed by atoms with van der Waals surface area (Å²) in [5.41, 5.74) is 0.681. The average Bonchev–Trinajstić information content (AvgIpc) is 3.66. The largest absolute Gasteiger partial charge is 0.393 e. The standard InChI is InChI=1S/C44H70O16/c1-18-9-12-44(54-16-18)19(2)30-28(60-44)15-26-24-8-7-22-13-23(45)14-29(43(22,6)25(24)10-11-42(26,30)5)57-41-38(59-40-36(52)34(50)31(47)20(3)55-40)37(32(48)21(4)56-41)58-39-35(51)33(49)27(46)17-53-39/h7,18-21,23-41,45-52H,8-17H2,1-6H3/t18-,19+,20+,21-,23-,24-,25?,26?,27-,28+,29-,30+,31+,32-,33+,34-,35-,36-,37+,38-,39+,40+,41+,42+,43+,44?/m1/s1. The van der Waals surface area contributed by atoms with Gasteiger partial charge in [-0.1, -0.05) is 39.3 Å².